The van der Waals surface area contributed by atoms with Gasteiger partial charge in [0.05, 0.1) is 5.71 Å². The molecule has 2 amide bonds. The lowest BCUT2D eigenvalue weighted by molar-refractivity contribution is -0.135. The molecule has 0 spiro atoms. The molecule has 2 N–H and O–H groups in total. The molecule has 1 aliphatic rings. The van der Waals surface area contributed by atoms with Crippen molar-refractivity contribution < 1.29 is 14.4 Å². The van der Waals surface area contributed by atoms with Gasteiger partial charge < -0.3 is 15.5 Å². The van der Waals surface area contributed by atoms with E-state index in [0.717, 1.165) is 22.4 Å². The highest BCUT2D eigenvalue weighted by Crippen LogP contribution is 2.19. The van der Waals surface area contributed by atoms with Gasteiger partial charge in [-0.05, 0) is 31.9 Å². The lowest BCUT2D eigenvalue weighted by Gasteiger charge is -2.21. The number of oxime groups is 1. The Hall–Kier alpha value is -3.15. The van der Waals surface area contributed by atoms with Crippen LogP contribution in [0.25, 0.3) is 0 Å². The Morgan fingerprint density at radius 1 is 1.07 bits per heavy atom. The predicted molar refractivity (Wildman–Crippen MR) is 113 cm³/mol. The molecule has 0 aromatic heterocycles. The second kappa shape index (κ2) is 9.37. The lowest BCUT2D eigenvalue weighted by atomic mass is 9.99. The summed E-state index contributed by atoms with van der Waals surface area (Å²) in [4.78, 5) is 30.8. The smallest absolute Gasteiger partial charge is 0.265 e. The third-order valence-corrected chi connectivity index (χ3v) is 4.76. The fraction of sp³-hybridized carbons (Fsp3) is 0.348. The second-order valence-corrected chi connectivity index (χ2v) is 7.57. The van der Waals surface area contributed by atoms with Crippen molar-refractivity contribution in [3.63, 3.8) is 0 Å². The van der Waals surface area contributed by atoms with Gasteiger partial charge in [-0.25, -0.2) is 0 Å². The standard InChI is InChI=1S/C23H27N3O3/c1-15(2)24-22(27)20(13-17-10-5-4-6-11-17)25-23(28)21-14-19(26-29-21)18-12-8-7-9-16(18)3/h4-12,15,20-21H,13-14H2,1-3H3,(H,24,27)(H,25,28). The summed E-state index contributed by atoms with van der Waals surface area (Å²) in [5, 5.41) is 9.84. The summed E-state index contributed by atoms with van der Waals surface area (Å²) in [6, 6.07) is 16.8. The summed E-state index contributed by atoms with van der Waals surface area (Å²) in [5.41, 5.74) is 3.77. The molecule has 1 aliphatic heterocycles. The third kappa shape index (κ3) is 5.44. The zero-order valence-electron chi connectivity index (χ0n) is 17.0. The first-order valence-electron chi connectivity index (χ1n) is 9.87. The number of aryl methyl sites for hydroxylation is 1. The summed E-state index contributed by atoms with van der Waals surface area (Å²) in [5.74, 6) is -0.549. The third-order valence-electron chi connectivity index (χ3n) is 4.76. The van der Waals surface area contributed by atoms with Gasteiger partial charge >= 0.3 is 0 Å². The molecule has 2 aromatic carbocycles. The van der Waals surface area contributed by atoms with E-state index in [-0.39, 0.29) is 17.9 Å². The maximum atomic E-state index is 12.8. The molecule has 0 aliphatic carbocycles. The van der Waals surface area contributed by atoms with Crippen LogP contribution < -0.4 is 10.6 Å². The van der Waals surface area contributed by atoms with Crippen molar-refractivity contribution in [1.82, 2.24) is 10.6 Å². The molecule has 3 rings (SSSR count). The Morgan fingerprint density at radius 3 is 2.45 bits per heavy atom. The van der Waals surface area contributed by atoms with Gasteiger partial charge in [0.15, 0.2) is 0 Å². The Morgan fingerprint density at radius 2 is 1.76 bits per heavy atom. The number of rotatable bonds is 7. The molecule has 152 valence electrons. The molecule has 2 unspecified atom stereocenters. The van der Waals surface area contributed by atoms with Crippen LogP contribution in [0.15, 0.2) is 59.8 Å². The van der Waals surface area contributed by atoms with Gasteiger partial charge in [0.1, 0.15) is 6.04 Å². The maximum Gasteiger partial charge on any atom is 0.265 e. The summed E-state index contributed by atoms with van der Waals surface area (Å²) >= 11 is 0. The van der Waals surface area contributed by atoms with Crippen molar-refractivity contribution in [2.75, 3.05) is 0 Å². The van der Waals surface area contributed by atoms with Crippen LogP contribution in [0.2, 0.25) is 0 Å². The van der Waals surface area contributed by atoms with Crippen LogP contribution in [0.3, 0.4) is 0 Å². The quantitative estimate of drug-likeness (QED) is 0.759. The molecule has 2 aromatic rings. The normalized spacial score (nSPS) is 16.7. The van der Waals surface area contributed by atoms with Crippen molar-refractivity contribution in [3.05, 3.63) is 71.3 Å². The SMILES string of the molecule is Cc1ccccc1C1=NOC(C(=O)NC(Cc2ccccc2)C(=O)NC(C)C)C1. The number of nitrogens with one attached hydrogen (secondary N) is 2. The van der Waals surface area contributed by atoms with E-state index in [2.05, 4.69) is 15.8 Å². The van der Waals surface area contributed by atoms with Crippen molar-refractivity contribution in [3.8, 4) is 0 Å². The van der Waals surface area contributed by atoms with Gasteiger partial charge in [0, 0.05) is 24.4 Å². The van der Waals surface area contributed by atoms with Crippen molar-refractivity contribution in [1.29, 1.82) is 0 Å². The minimum Gasteiger partial charge on any atom is -0.382 e. The van der Waals surface area contributed by atoms with Crippen LogP contribution in [0, 0.1) is 6.92 Å². The van der Waals surface area contributed by atoms with Crippen molar-refractivity contribution in [2.24, 2.45) is 5.16 Å². The second-order valence-electron chi connectivity index (χ2n) is 7.57. The van der Waals surface area contributed by atoms with E-state index in [1.54, 1.807) is 0 Å². The Labute approximate surface area is 171 Å². The first-order chi connectivity index (χ1) is 13.9. The highest BCUT2D eigenvalue weighted by atomic mass is 16.6. The number of hydrogen-bond acceptors (Lipinski definition) is 4. The minimum atomic E-state index is -0.741. The molecule has 6 heteroatoms. The van der Waals surface area contributed by atoms with Crippen LogP contribution in [0.4, 0.5) is 0 Å². The average Bonchev–Trinajstić information content (AvgIpc) is 3.18. The van der Waals surface area contributed by atoms with Gasteiger partial charge in [0.25, 0.3) is 5.91 Å². The number of nitrogens with zero attached hydrogens (tertiary/aromatic N) is 1. The topological polar surface area (TPSA) is 79.8 Å². The average molecular weight is 393 g/mol. The van der Waals surface area contributed by atoms with Crippen LogP contribution in [0.1, 0.15) is 37.0 Å². The summed E-state index contributed by atoms with van der Waals surface area (Å²) < 4.78 is 0. The zero-order chi connectivity index (χ0) is 20.8. The highest BCUT2D eigenvalue weighted by Gasteiger charge is 2.32. The van der Waals surface area contributed by atoms with Crippen molar-refractivity contribution in [2.45, 2.75) is 51.8 Å². The fourth-order valence-corrected chi connectivity index (χ4v) is 3.28. The number of carbonyl (C=O) groups is 2. The molecule has 0 radical (unpaired) electrons. The number of hydrogen-bond donors (Lipinski definition) is 2. The van der Waals surface area contributed by atoms with Crippen LogP contribution in [-0.4, -0.2) is 35.7 Å². The monoisotopic (exact) mass is 393 g/mol. The summed E-state index contributed by atoms with van der Waals surface area (Å²) in [6.45, 7) is 5.78. The summed E-state index contributed by atoms with van der Waals surface area (Å²) in [7, 11) is 0. The zero-order valence-corrected chi connectivity index (χ0v) is 17.0. The molecule has 0 saturated heterocycles. The van der Waals surface area contributed by atoms with Crippen LogP contribution in [0.5, 0.6) is 0 Å². The van der Waals surface area contributed by atoms with Gasteiger partial charge in [-0.15, -0.1) is 0 Å². The van der Waals surface area contributed by atoms with E-state index >= 15 is 0 Å². The molecule has 0 fully saturated rings. The lowest BCUT2D eigenvalue weighted by Crippen LogP contribution is -2.52. The molecule has 2 atom stereocenters. The van der Waals surface area contributed by atoms with Crippen LogP contribution >= 0.6 is 0 Å². The predicted octanol–water partition coefficient (Wildman–Crippen LogP) is 2.74. The van der Waals surface area contributed by atoms with E-state index in [9.17, 15) is 9.59 Å². The molecule has 0 bridgehead atoms. The fourth-order valence-electron chi connectivity index (χ4n) is 3.28. The molecular formula is C23H27N3O3. The van der Waals surface area contributed by atoms with Gasteiger partial charge in [-0.2, -0.15) is 0 Å². The molecular weight excluding hydrogens is 366 g/mol. The molecule has 29 heavy (non-hydrogen) atoms. The number of amides is 2. The highest BCUT2D eigenvalue weighted by molar-refractivity contribution is 6.05. The van der Waals surface area contributed by atoms with Gasteiger partial charge in [0.2, 0.25) is 12.0 Å². The largest absolute Gasteiger partial charge is 0.382 e. The van der Waals surface area contributed by atoms with E-state index in [1.165, 1.54) is 0 Å². The molecule has 1 heterocycles. The van der Waals surface area contributed by atoms with Crippen LogP contribution in [-0.2, 0) is 20.8 Å². The van der Waals surface area contributed by atoms with E-state index in [4.69, 9.17) is 4.84 Å². The number of carbonyl (C=O) groups excluding carboxylic acids is 2. The molecule has 6 nitrogen and oxygen atoms in total. The van der Waals surface area contributed by atoms with Gasteiger partial charge in [-0.3, -0.25) is 9.59 Å². The first-order valence-corrected chi connectivity index (χ1v) is 9.87. The first kappa shape index (κ1) is 20.6. The molecule has 0 saturated carbocycles. The number of benzene rings is 2. The van der Waals surface area contributed by atoms with E-state index in [1.807, 2.05) is 75.4 Å². The Kier molecular flexibility index (Phi) is 6.65. The van der Waals surface area contributed by atoms with E-state index < -0.39 is 12.1 Å². The van der Waals surface area contributed by atoms with E-state index in [0.29, 0.717) is 12.8 Å². The maximum absolute atomic E-state index is 12.8. The van der Waals surface area contributed by atoms with Crippen molar-refractivity contribution >= 4 is 17.5 Å². The Balaban J connectivity index is 1.67. The van der Waals surface area contributed by atoms with Gasteiger partial charge in [-0.1, -0.05) is 59.8 Å². The Bertz CT molecular complexity index is 893. The summed E-state index contributed by atoms with van der Waals surface area (Å²) in [6.07, 6.45) is 0.0407. The minimum absolute atomic E-state index is 0.0172.